The molecule has 0 atom stereocenters. The molecule has 1 fully saturated rings. The van der Waals surface area contributed by atoms with Crippen LogP contribution in [0.15, 0.2) is 24.5 Å². The van der Waals surface area contributed by atoms with E-state index in [4.69, 9.17) is 5.26 Å². The summed E-state index contributed by atoms with van der Waals surface area (Å²) in [4.78, 5) is 6.78. The van der Waals surface area contributed by atoms with Gasteiger partial charge in [-0.2, -0.15) is 5.26 Å². The molecule has 1 aliphatic rings. The lowest BCUT2D eigenvalue weighted by Crippen LogP contribution is -2.22. The molecule has 4 nitrogen and oxygen atoms in total. The molecule has 0 spiro atoms. The summed E-state index contributed by atoms with van der Waals surface area (Å²) in [6, 6.07) is 7.82. The lowest BCUT2D eigenvalue weighted by Gasteiger charge is -2.15. The second-order valence-electron chi connectivity index (χ2n) is 4.50. The van der Waals surface area contributed by atoms with Gasteiger partial charge in [-0.25, -0.2) is 4.98 Å². The van der Waals surface area contributed by atoms with Crippen LogP contribution >= 0.6 is 0 Å². The number of nitriles is 1. The zero-order valence-corrected chi connectivity index (χ0v) is 9.63. The van der Waals surface area contributed by atoms with Crippen LogP contribution in [0.3, 0.4) is 0 Å². The summed E-state index contributed by atoms with van der Waals surface area (Å²) in [6.07, 6.45) is 4.46. The fourth-order valence-corrected chi connectivity index (χ4v) is 2.39. The number of benzene rings is 1. The second kappa shape index (κ2) is 4.19. The van der Waals surface area contributed by atoms with Gasteiger partial charge in [0.1, 0.15) is 0 Å². The fourth-order valence-electron chi connectivity index (χ4n) is 2.39. The number of fused-ring (bicyclic) bond motifs is 1. The first-order valence-corrected chi connectivity index (χ1v) is 5.94. The van der Waals surface area contributed by atoms with Gasteiger partial charge in [-0.1, -0.05) is 0 Å². The van der Waals surface area contributed by atoms with Gasteiger partial charge in [0, 0.05) is 0 Å². The molecule has 0 N–H and O–H groups in total. The van der Waals surface area contributed by atoms with Gasteiger partial charge < -0.3 is 4.57 Å². The highest BCUT2D eigenvalue weighted by Gasteiger charge is 2.13. The third-order valence-corrected chi connectivity index (χ3v) is 3.30. The van der Waals surface area contributed by atoms with Crippen LogP contribution in [-0.4, -0.2) is 27.5 Å². The molecule has 0 radical (unpaired) electrons. The molecule has 0 aliphatic carbocycles. The lowest BCUT2D eigenvalue weighted by atomic mass is 10.2. The SMILES string of the molecule is N#Cc1ccc2c(c1)ncn2CN1CCCC1. The third-order valence-electron chi connectivity index (χ3n) is 3.30. The van der Waals surface area contributed by atoms with Gasteiger partial charge in [0.15, 0.2) is 0 Å². The van der Waals surface area contributed by atoms with Crippen LogP contribution in [0.4, 0.5) is 0 Å². The summed E-state index contributed by atoms with van der Waals surface area (Å²) < 4.78 is 2.15. The first-order chi connectivity index (χ1) is 8.36. The van der Waals surface area contributed by atoms with E-state index in [1.54, 1.807) is 0 Å². The Hall–Kier alpha value is -1.86. The van der Waals surface area contributed by atoms with Crippen LogP contribution < -0.4 is 0 Å². The smallest absolute Gasteiger partial charge is 0.0992 e. The average molecular weight is 226 g/mol. The number of imidazole rings is 1. The standard InChI is InChI=1S/C13H14N4/c14-8-11-3-4-13-12(7-11)15-9-17(13)10-16-5-1-2-6-16/h3-4,7,9H,1-2,5-6,10H2. The van der Waals surface area contributed by atoms with E-state index in [1.165, 1.54) is 25.9 Å². The highest BCUT2D eigenvalue weighted by atomic mass is 15.3. The Bertz CT molecular complexity index is 573. The molecule has 1 aliphatic heterocycles. The van der Waals surface area contributed by atoms with E-state index in [9.17, 15) is 0 Å². The second-order valence-corrected chi connectivity index (χ2v) is 4.50. The van der Waals surface area contributed by atoms with Gasteiger partial charge in [-0.15, -0.1) is 0 Å². The van der Waals surface area contributed by atoms with Crippen LogP contribution in [0.1, 0.15) is 18.4 Å². The van der Waals surface area contributed by atoms with Crippen molar-refractivity contribution in [3.05, 3.63) is 30.1 Å². The summed E-state index contributed by atoms with van der Waals surface area (Å²) in [6.45, 7) is 3.26. The molecular formula is C13H14N4. The highest BCUT2D eigenvalue weighted by Crippen LogP contribution is 2.16. The maximum absolute atomic E-state index is 8.84. The Balaban J connectivity index is 1.92. The molecule has 1 saturated heterocycles. The summed E-state index contributed by atoms with van der Waals surface area (Å²) >= 11 is 0. The first kappa shape index (κ1) is 10.3. The number of nitrogens with zero attached hydrogens (tertiary/aromatic N) is 4. The largest absolute Gasteiger partial charge is 0.317 e. The van der Waals surface area contributed by atoms with E-state index in [0.29, 0.717) is 5.56 Å². The Morgan fingerprint density at radius 2 is 2.12 bits per heavy atom. The molecule has 0 saturated carbocycles. The van der Waals surface area contributed by atoms with Crippen LogP contribution in [0, 0.1) is 11.3 Å². The Kier molecular flexibility index (Phi) is 2.54. The van der Waals surface area contributed by atoms with Crippen molar-refractivity contribution in [3.63, 3.8) is 0 Å². The highest BCUT2D eigenvalue weighted by molar-refractivity contribution is 5.76. The average Bonchev–Trinajstić information content (AvgIpc) is 2.99. The van der Waals surface area contributed by atoms with E-state index >= 15 is 0 Å². The molecule has 2 aromatic rings. The first-order valence-electron chi connectivity index (χ1n) is 5.94. The predicted octanol–water partition coefficient (Wildman–Crippen LogP) is 1.96. The van der Waals surface area contributed by atoms with Gasteiger partial charge in [0.05, 0.1) is 35.7 Å². The molecule has 0 bridgehead atoms. The number of likely N-dealkylation sites (tertiary alicyclic amines) is 1. The van der Waals surface area contributed by atoms with Crippen molar-refractivity contribution in [2.45, 2.75) is 19.5 Å². The molecular weight excluding hydrogens is 212 g/mol. The molecule has 86 valence electrons. The molecule has 0 unspecified atom stereocenters. The Labute approximate surface area is 100 Å². The van der Waals surface area contributed by atoms with Crippen LogP contribution in [0.2, 0.25) is 0 Å². The van der Waals surface area contributed by atoms with E-state index in [2.05, 4.69) is 20.5 Å². The molecule has 17 heavy (non-hydrogen) atoms. The van der Waals surface area contributed by atoms with Crippen LogP contribution in [0.25, 0.3) is 11.0 Å². The predicted molar refractivity (Wildman–Crippen MR) is 65.3 cm³/mol. The minimum Gasteiger partial charge on any atom is -0.317 e. The van der Waals surface area contributed by atoms with Crippen molar-refractivity contribution >= 4 is 11.0 Å². The topological polar surface area (TPSA) is 44.9 Å². The maximum Gasteiger partial charge on any atom is 0.0992 e. The number of hydrogen-bond acceptors (Lipinski definition) is 3. The zero-order chi connectivity index (χ0) is 11.7. The van der Waals surface area contributed by atoms with E-state index in [0.717, 1.165) is 17.7 Å². The van der Waals surface area contributed by atoms with Gasteiger partial charge in [0.25, 0.3) is 0 Å². The summed E-state index contributed by atoms with van der Waals surface area (Å²) in [5, 5.41) is 8.84. The van der Waals surface area contributed by atoms with Crippen LogP contribution in [-0.2, 0) is 6.67 Å². The van der Waals surface area contributed by atoms with Gasteiger partial charge >= 0.3 is 0 Å². The molecule has 2 heterocycles. The van der Waals surface area contributed by atoms with Gasteiger partial charge in [-0.3, -0.25) is 4.90 Å². The van der Waals surface area contributed by atoms with Crippen molar-refractivity contribution in [2.75, 3.05) is 13.1 Å². The van der Waals surface area contributed by atoms with Gasteiger partial charge in [-0.05, 0) is 44.1 Å². The molecule has 4 heteroatoms. The van der Waals surface area contributed by atoms with Crippen molar-refractivity contribution in [1.82, 2.24) is 14.5 Å². The third kappa shape index (κ3) is 1.90. The molecule has 3 rings (SSSR count). The summed E-state index contributed by atoms with van der Waals surface area (Å²) in [5.74, 6) is 0. The van der Waals surface area contributed by atoms with E-state index in [1.807, 2.05) is 24.5 Å². The fraction of sp³-hybridized carbons (Fsp3) is 0.385. The summed E-state index contributed by atoms with van der Waals surface area (Å²) in [7, 11) is 0. The van der Waals surface area contributed by atoms with Crippen molar-refractivity contribution in [1.29, 1.82) is 5.26 Å². The van der Waals surface area contributed by atoms with Crippen molar-refractivity contribution in [2.24, 2.45) is 0 Å². The molecule has 1 aromatic carbocycles. The summed E-state index contributed by atoms with van der Waals surface area (Å²) in [5.41, 5.74) is 2.68. The van der Waals surface area contributed by atoms with E-state index < -0.39 is 0 Å². The minimum absolute atomic E-state index is 0.670. The van der Waals surface area contributed by atoms with Gasteiger partial charge in [0.2, 0.25) is 0 Å². The molecule has 1 aromatic heterocycles. The number of aromatic nitrogens is 2. The lowest BCUT2D eigenvalue weighted by molar-refractivity contribution is 0.274. The Morgan fingerprint density at radius 1 is 1.29 bits per heavy atom. The number of hydrogen-bond donors (Lipinski definition) is 0. The zero-order valence-electron chi connectivity index (χ0n) is 9.63. The maximum atomic E-state index is 8.84. The van der Waals surface area contributed by atoms with Crippen molar-refractivity contribution in [3.8, 4) is 6.07 Å². The van der Waals surface area contributed by atoms with Crippen LogP contribution in [0.5, 0.6) is 0 Å². The minimum atomic E-state index is 0.670. The molecule has 0 amide bonds. The Morgan fingerprint density at radius 3 is 2.88 bits per heavy atom. The monoisotopic (exact) mass is 226 g/mol. The number of rotatable bonds is 2. The normalized spacial score (nSPS) is 16.4. The van der Waals surface area contributed by atoms with Crippen molar-refractivity contribution < 1.29 is 0 Å². The quantitative estimate of drug-likeness (QED) is 0.786. The van der Waals surface area contributed by atoms with E-state index in [-0.39, 0.29) is 0 Å².